The van der Waals surface area contributed by atoms with E-state index in [4.69, 9.17) is 11.6 Å². The van der Waals surface area contributed by atoms with Crippen LogP contribution >= 0.6 is 11.6 Å². The van der Waals surface area contributed by atoms with E-state index in [0.717, 1.165) is 17.5 Å². The maximum Gasteiger partial charge on any atom is 0.209 e. The topological polar surface area (TPSA) is 20.3 Å². The van der Waals surface area contributed by atoms with Gasteiger partial charge in [-0.25, -0.2) is 4.39 Å². The van der Waals surface area contributed by atoms with E-state index in [-0.39, 0.29) is 5.82 Å². The summed E-state index contributed by atoms with van der Waals surface area (Å²) >= 11 is 6.01. The molecule has 0 atom stereocenters. The normalized spacial score (nSPS) is 15.9. The summed E-state index contributed by atoms with van der Waals surface area (Å²) in [5, 5.41) is 0.548. The number of hydrogen-bond acceptors (Lipinski definition) is 1. The van der Waals surface area contributed by atoms with Crippen molar-refractivity contribution in [2.24, 2.45) is 0 Å². The van der Waals surface area contributed by atoms with Gasteiger partial charge in [0.1, 0.15) is 5.82 Å². The first-order valence-electron chi connectivity index (χ1n) is 5.04. The van der Waals surface area contributed by atoms with Crippen molar-refractivity contribution in [3.8, 4) is 0 Å². The smallest absolute Gasteiger partial charge is 0.209 e. The zero-order chi connectivity index (χ0) is 11.5. The minimum atomic E-state index is -0.293. The number of nitrogens with zero attached hydrogens (tertiary/aromatic N) is 1. The van der Waals surface area contributed by atoms with Gasteiger partial charge in [-0.05, 0) is 35.8 Å². The molecule has 0 aromatic heterocycles. The molecule has 1 heterocycles. The first-order chi connectivity index (χ1) is 7.70. The highest BCUT2D eigenvalue weighted by Gasteiger charge is 2.13. The molecule has 2 nitrogen and oxygen atoms in total. The fourth-order valence-electron chi connectivity index (χ4n) is 1.77. The van der Waals surface area contributed by atoms with Crippen LogP contribution in [0.25, 0.3) is 5.57 Å². The molecule has 0 saturated carbocycles. The van der Waals surface area contributed by atoms with E-state index in [1.807, 2.05) is 6.08 Å². The first kappa shape index (κ1) is 11.1. The van der Waals surface area contributed by atoms with Gasteiger partial charge in [0, 0.05) is 18.1 Å². The van der Waals surface area contributed by atoms with Crippen LogP contribution < -0.4 is 0 Å². The predicted molar refractivity (Wildman–Crippen MR) is 61.6 cm³/mol. The summed E-state index contributed by atoms with van der Waals surface area (Å²) < 4.78 is 13.1. The quantitative estimate of drug-likeness (QED) is 0.727. The Kier molecular flexibility index (Phi) is 3.25. The second-order valence-electron chi connectivity index (χ2n) is 3.70. The Labute approximate surface area is 98.3 Å². The van der Waals surface area contributed by atoms with Crippen molar-refractivity contribution in [2.75, 3.05) is 13.1 Å². The molecule has 0 unspecified atom stereocenters. The molecule has 4 heteroatoms. The van der Waals surface area contributed by atoms with Gasteiger partial charge < -0.3 is 4.90 Å². The zero-order valence-electron chi connectivity index (χ0n) is 8.62. The first-order valence-corrected chi connectivity index (χ1v) is 5.42. The molecule has 1 aliphatic rings. The summed E-state index contributed by atoms with van der Waals surface area (Å²) in [5.41, 5.74) is 1.73. The van der Waals surface area contributed by atoms with Gasteiger partial charge in [-0.2, -0.15) is 0 Å². The third kappa shape index (κ3) is 2.25. The van der Waals surface area contributed by atoms with E-state index < -0.39 is 0 Å². The second kappa shape index (κ2) is 4.66. The lowest BCUT2D eigenvalue weighted by atomic mass is 9.99. The van der Waals surface area contributed by atoms with E-state index in [9.17, 15) is 9.18 Å². The van der Waals surface area contributed by atoms with Crippen LogP contribution in [0.5, 0.6) is 0 Å². The molecule has 0 aliphatic carbocycles. The lowest BCUT2D eigenvalue weighted by molar-refractivity contribution is -0.117. The van der Waals surface area contributed by atoms with Crippen molar-refractivity contribution in [1.29, 1.82) is 0 Å². The molecule has 1 aromatic carbocycles. The average molecular weight is 240 g/mol. The maximum absolute atomic E-state index is 13.1. The molecule has 1 amide bonds. The van der Waals surface area contributed by atoms with Crippen molar-refractivity contribution in [3.63, 3.8) is 0 Å². The number of amides is 1. The molecule has 84 valence electrons. The SMILES string of the molecule is O=CN1CC=C(c2cc(F)ccc2Cl)CC1. The highest BCUT2D eigenvalue weighted by Crippen LogP contribution is 2.28. The number of halogens is 2. The third-order valence-corrected chi connectivity index (χ3v) is 2.99. The molecule has 1 aliphatic heterocycles. The lowest BCUT2D eigenvalue weighted by Crippen LogP contribution is -2.26. The Morgan fingerprint density at radius 2 is 2.25 bits per heavy atom. The van der Waals surface area contributed by atoms with Crippen LogP contribution in [-0.4, -0.2) is 24.4 Å². The van der Waals surface area contributed by atoms with E-state index in [1.54, 1.807) is 11.0 Å². The Morgan fingerprint density at radius 3 is 2.88 bits per heavy atom. The summed E-state index contributed by atoms with van der Waals surface area (Å²) in [6.07, 6.45) is 3.45. The Balaban J connectivity index is 2.28. The fourth-order valence-corrected chi connectivity index (χ4v) is 2.01. The van der Waals surface area contributed by atoms with Gasteiger partial charge in [-0.15, -0.1) is 0 Å². The number of benzene rings is 1. The minimum Gasteiger partial charge on any atom is -0.341 e. The summed E-state index contributed by atoms with van der Waals surface area (Å²) in [5.74, 6) is -0.293. The van der Waals surface area contributed by atoms with Crippen LogP contribution in [-0.2, 0) is 4.79 Å². The molecule has 0 N–H and O–H groups in total. The fraction of sp³-hybridized carbons (Fsp3) is 0.250. The zero-order valence-corrected chi connectivity index (χ0v) is 9.38. The lowest BCUT2D eigenvalue weighted by Gasteiger charge is -2.23. The highest BCUT2D eigenvalue weighted by atomic mass is 35.5. The van der Waals surface area contributed by atoms with Gasteiger partial charge >= 0.3 is 0 Å². The van der Waals surface area contributed by atoms with Crippen LogP contribution in [0.4, 0.5) is 4.39 Å². The van der Waals surface area contributed by atoms with Crippen LogP contribution in [0.1, 0.15) is 12.0 Å². The molecule has 1 aromatic rings. The number of carbonyl (C=O) groups excluding carboxylic acids is 1. The molecule has 0 radical (unpaired) electrons. The highest BCUT2D eigenvalue weighted by molar-refractivity contribution is 6.32. The molecule has 2 rings (SSSR count). The molecule has 0 bridgehead atoms. The Morgan fingerprint density at radius 1 is 1.44 bits per heavy atom. The monoisotopic (exact) mass is 239 g/mol. The van der Waals surface area contributed by atoms with Gasteiger partial charge in [0.05, 0.1) is 0 Å². The van der Waals surface area contributed by atoms with Gasteiger partial charge in [-0.1, -0.05) is 17.7 Å². The van der Waals surface area contributed by atoms with E-state index in [1.165, 1.54) is 12.1 Å². The van der Waals surface area contributed by atoms with Crippen LogP contribution in [0.15, 0.2) is 24.3 Å². The van der Waals surface area contributed by atoms with Crippen molar-refractivity contribution < 1.29 is 9.18 Å². The molecule has 0 spiro atoms. The van der Waals surface area contributed by atoms with E-state index in [2.05, 4.69) is 0 Å². The molecular formula is C12H11ClFNO. The van der Waals surface area contributed by atoms with Crippen molar-refractivity contribution in [3.05, 3.63) is 40.7 Å². The van der Waals surface area contributed by atoms with Crippen molar-refractivity contribution >= 4 is 23.6 Å². The maximum atomic E-state index is 13.1. The van der Waals surface area contributed by atoms with E-state index >= 15 is 0 Å². The van der Waals surface area contributed by atoms with Crippen molar-refractivity contribution in [1.82, 2.24) is 4.90 Å². The Bertz CT molecular complexity index is 445. The van der Waals surface area contributed by atoms with Crippen LogP contribution in [0.3, 0.4) is 0 Å². The van der Waals surface area contributed by atoms with Gasteiger partial charge in [-0.3, -0.25) is 4.79 Å². The average Bonchev–Trinajstić information content (AvgIpc) is 2.32. The molecule has 0 fully saturated rings. The van der Waals surface area contributed by atoms with E-state index in [0.29, 0.717) is 24.5 Å². The summed E-state index contributed by atoms with van der Waals surface area (Å²) in [6, 6.07) is 4.33. The predicted octanol–water partition coefficient (Wildman–Crippen LogP) is 2.72. The van der Waals surface area contributed by atoms with Gasteiger partial charge in [0.25, 0.3) is 0 Å². The molecule has 16 heavy (non-hydrogen) atoms. The van der Waals surface area contributed by atoms with Crippen LogP contribution in [0.2, 0.25) is 5.02 Å². The number of carbonyl (C=O) groups is 1. The van der Waals surface area contributed by atoms with Gasteiger partial charge in [0.15, 0.2) is 0 Å². The Hall–Kier alpha value is -1.35. The second-order valence-corrected chi connectivity index (χ2v) is 4.11. The summed E-state index contributed by atoms with van der Waals surface area (Å²) in [4.78, 5) is 12.2. The summed E-state index contributed by atoms with van der Waals surface area (Å²) in [7, 11) is 0. The molecular weight excluding hydrogens is 229 g/mol. The summed E-state index contributed by atoms with van der Waals surface area (Å²) in [6.45, 7) is 1.22. The van der Waals surface area contributed by atoms with Gasteiger partial charge in [0.2, 0.25) is 6.41 Å². The third-order valence-electron chi connectivity index (χ3n) is 2.66. The van der Waals surface area contributed by atoms with Crippen LogP contribution in [0, 0.1) is 5.82 Å². The number of rotatable bonds is 2. The molecule has 0 saturated heterocycles. The van der Waals surface area contributed by atoms with Crippen molar-refractivity contribution in [2.45, 2.75) is 6.42 Å². The minimum absolute atomic E-state index is 0.293. The standard InChI is InChI=1S/C12H11ClFNO/c13-12-2-1-10(14)7-11(12)9-3-5-15(8-16)6-4-9/h1-3,7-8H,4-6H2. The number of hydrogen-bond donors (Lipinski definition) is 0. The largest absolute Gasteiger partial charge is 0.341 e.